The van der Waals surface area contributed by atoms with E-state index < -0.39 is 29.8 Å². The topological polar surface area (TPSA) is 100 Å². The van der Waals surface area contributed by atoms with Crippen molar-refractivity contribution in [2.24, 2.45) is 0 Å². The van der Waals surface area contributed by atoms with Crippen LogP contribution in [0.25, 0.3) is 0 Å². The molecule has 1 heterocycles. The number of urea groups is 1. The zero-order valence-electron chi connectivity index (χ0n) is 24.4. The molecule has 1 aliphatic heterocycles. The first-order valence-corrected chi connectivity index (χ1v) is 14.2. The SMILES string of the molecule is CCCOc1ccc(C23CCC(NC(=O)Nc4ccc(F)c(F)c4)CC2N(C)CC3)cc1OCCC.O=C(O)C(F)(F)F. The van der Waals surface area contributed by atoms with Crippen LogP contribution in [-0.2, 0) is 10.2 Å². The Kier molecular flexibility index (Phi) is 11.6. The number of ether oxygens (including phenoxy) is 2. The first kappa shape index (κ1) is 33.9. The fraction of sp³-hybridized carbons (Fsp3) is 0.533. The fourth-order valence-corrected chi connectivity index (χ4v) is 5.65. The van der Waals surface area contributed by atoms with Gasteiger partial charge in [0.25, 0.3) is 0 Å². The van der Waals surface area contributed by atoms with Crippen LogP contribution < -0.4 is 20.1 Å². The normalized spacial score (nSPS) is 21.7. The van der Waals surface area contributed by atoms with Gasteiger partial charge in [0, 0.05) is 29.3 Å². The van der Waals surface area contributed by atoms with Crippen LogP contribution in [-0.4, -0.2) is 67.1 Å². The molecule has 0 spiro atoms. The summed E-state index contributed by atoms with van der Waals surface area (Å²) in [6.07, 6.45) is 0.387. The van der Waals surface area contributed by atoms with E-state index in [1.807, 2.05) is 6.07 Å². The Morgan fingerprint density at radius 1 is 1.00 bits per heavy atom. The molecule has 238 valence electrons. The average molecular weight is 616 g/mol. The van der Waals surface area contributed by atoms with E-state index in [0.717, 1.165) is 68.7 Å². The van der Waals surface area contributed by atoms with E-state index in [2.05, 4.69) is 48.6 Å². The van der Waals surface area contributed by atoms with Crippen molar-refractivity contribution in [2.45, 2.75) is 76.0 Å². The number of hydrogen-bond acceptors (Lipinski definition) is 5. The molecule has 43 heavy (non-hydrogen) atoms. The molecule has 8 nitrogen and oxygen atoms in total. The number of carbonyl (C=O) groups is 2. The summed E-state index contributed by atoms with van der Waals surface area (Å²) in [6.45, 7) is 6.45. The molecule has 1 aliphatic carbocycles. The molecule has 0 radical (unpaired) electrons. The highest BCUT2D eigenvalue weighted by Crippen LogP contribution is 2.50. The van der Waals surface area contributed by atoms with Gasteiger partial charge in [-0.05, 0) is 81.9 Å². The summed E-state index contributed by atoms with van der Waals surface area (Å²) in [4.78, 5) is 23.9. The molecular formula is C30H38F5N3O5. The molecule has 2 fully saturated rings. The van der Waals surface area contributed by atoms with Gasteiger partial charge in [-0.3, -0.25) is 0 Å². The van der Waals surface area contributed by atoms with E-state index >= 15 is 0 Å². The molecule has 2 aromatic carbocycles. The molecule has 13 heteroatoms. The lowest BCUT2D eigenvalue weighted by Gasteiger charge is -2.45. The number of likely N-dealkylation sites (N-methyl/N-ethyl adjacent to an activating group) is 1. The van der Waals surface area contributed by atoms with Crippen LogP contribution in [0.4, 0.5) is 32.4 Å². The number of carboxylic acid groups (broad SMARTS) is 1. The van der Waals surface area contributed by atoms with Crippen LogP contribution in [0.3, 0.4) is 0 Å². The molecule has 3 atom stereocenters. The largest absolute Gasteiger partial charge is 0.490 e. The minimum atomic E-state index is -5.08. The second kappa shape index (κ2) is 14.7. The Morgan fingerprint density at radius 3 is 2.26 bits per heavy atom. The number of nitrogens with one attached hydrogen (secondary N) is 2. The van der Waals surface area contributed by atoms with E-state index in [1.165, 1.54) is 11.6 Å². The summed E-state index contributed by atoms with van der Waals surface area (Å²) in [5, 5.41) is 12.8. The van der Waals surface area contributed by atoms with Gasteiger partial charge < -0.3 is 30.1 Å². The molecule has 0 aromatic heterocycles. The van der Waals surface area contributed by atoms with Crippen LogP contribution in [0.15, 0.2) is 36.4 Å². The van der Waals surface area contributed by atoms with Crippen molar-refractivity contribution in [3.05, 3.63) is 53.6 Å². The minimum absolute atomic E-state index is 0.0167. The van der Waals surface area contributed by atoms with Crippen LogP contribution in [0.2, 0.25) is 0 Å². The number of amides is 2. The minimum Gasteiger partial charge on any atom is -0.490 e. The summed E-state index contributed by atoms with van der Waals surface area (Å²) in [6, 6.07) is 9.56. The molecular weight excluding hydrogens is 577 g/mol. The van der Waals surface area contributed by atoms with Gasteiger partial charge in [-0.15, -0.1) is 0 Å². The summed E-state index contributed by atoms with van der Waals surface area (Å²) >= 11 is 0. The molecule has 2 amide bonds. The summed E-state index contributed by atoms with van der Waals surface area (Å²) in [5.41, 5.74) is 1.47. The summed E-state index contributed by atoms with van der Waals surface area (Å²) in [5.74, 6) is -3.10. The maximum Gasteiger partial charge on any atom is 0.490 e. The third-order valence-corrected chi connectivity index (χ3v) is 7.72. The first-order chi connectivity index (χ1) is 20.3. The molecule has 3 unspecified atom stereocenters. The predicted molar refractivity (Wildman–Crippen MR) is 151 cm³/mol. The van der Waals surface area contributed by atoms with Gasteiger partial charge >= 0.3 is 18.2 Å². The number of anilines is 1. The highest BCUT2D eigenvalue weighted by molar-refractivity contribution is 5.89. The summed E-state index contributed by atoms with van der Waals surface area (Å²) in [7, 11) is 2.14. The molecule has 1 saturated heterocycles. The Bertz CT molecular complexity index is 1260. The number of rotatable bonds is 9. The number of alkyl halides is 3. The Morgan fingerprint density at radius 2 is 1.65 bits per heavy atom. The lowest BCUT2D eigenvalue weighted by molar-refractivity contribution is -0.192. The van der Waals surface area contributed by atoms with Crippen LogP contribution >= 0.6 is 0 Å². The quantitative estimate of drug-likeness (QED) is 0.279. The maximum absolute atomic E-state index is 13.5. The number of aliphatic carboxylic acids is 1. The maximum atomic E-state index is 13.5. The lowest BCUT2D eigenvalue weighted by atomic mass is 9.65. The van der Waals surface area contributed by atoms with Gasteiger partial charge in [-0.1, -0.05) is 19.9 Å². The number of halogens is 5. The van der Waals surface area contributed by atoms with E-state index in [4.69, 9.17) is 19.4 Å². The van der Waals surface area contributed by atoms with Crippen molar-refractivity contribution in [2.75, 3.05) is 32.1 Å². The van der Waals surface area contributed by atoms with Crippen molar-refractivity contribution < 1.29 is 46.1 Å². The third-order valence-electron chi connectivity index (χ3n) is 7.72. The zero-order chi connectivity index (χ0) is 31.8. The van der Waals surface area contributed by atoms with E-state index in [0.29, 0.717) is 13.2 Å². The second-order valence-electron chi connectivity index (χ2n) is 10.8. The average Bonchev–Trinajstić information content (AvgIpc) is 3.29. The monoisotopic (exact) mass is 615 g/mol. The number of carboxylic acids is 1. The smallest absolute Gasteiger partial charge is 0.490 e. The Balaban J connectivity index is 0.000000646. The number of benzene rings is 2. The zero-order valence-corrected chi connectivity index (χ0v) is 24.4. The standard InChI is InChI=1S/C28H37F2N3O3.C2HF3O2/c1-4-14-35-24-9-6-19(16-25(24)36-15-5-2)28-11-10-21(18-26(28)33(3)13-12-28)32-27(34)31-20-7-8-22(29)23(30)17-20;3-2(4,5)1(6)7/h6-9,16-17,21,26H,4-5,10-15,18H2,1-3H3,(H2,31,32,34);(H,6,7). The van der Waals surface area contributed by atoms with Gasteiger partial charge in [-0.2, -0.15) is 13.2 Å². The number of nitrogens with zero attached hydrogens (tertiary/aromatic N) is 1. The van der Waals surface area contributed by atoms with Gasteiger partial charge in [0.1, 0.15) is 0 Å². The fourth-order valence-electron chi connectivity index (χ4n) is 5.65. The van der Waals surface area contributed by atoms with Gasteiger partial charge in [-0.25, -0.2) is 18.4 Å². The van der Waals surface area contributed by atoms with E-state index in [9.17, 15) is 26.7 Å². The molecule has 1 saturated carbocycles. The van der Waals surface area contributed by atoms with Gasteiger partial charge in [0.15, 0.2) is 23.1 Å². The van der Waals surface area contributed by atoms with Gasteiger partial charge in [0.05, 0.1) is 13.2 Å². The number of likely N-dealkylation sites (tertiary alicyclic amines) is 1. The number of carbonyl (C=O) groups excluding carboxylic acids is 1. The number of hydrogen-bond donors (Lipinski definition) is 3. The molecule has 2 aliphatic rings. The second-order valence-corrected chi connectivity index (χ2v) is 10.8. The third kappa shape index (κ3) is 8.71. The Labute approximate surface area is 247 Å². The molecule has 2 aromatic rings. The lowest BCUT2D eigenvalue weighted by Crippen LogP contribution is -2.52. The highest BCUT2D eigenvalue weighted by atomic mass is 19.4. The summed E-state index contributed by atoms with van der Waals surface area (Å²) < 4.78 is 70.4. The van der Waals surface area contributed by atoms with Crippen LogP contribution in [0.5, 0.6) is 11.5 Å². The van der Waals surface area contributed by atoms with Crippen LogP contribution in [0.1, 0.15) is 57.9 Å². The van der Waals surface area contributed by atoms with Crippen molar-refractivity contribution in [3.63, 3.8) is 0 Å². The number of fused-ring (bicyclic) bond motifs is 1. The first-order valence-electron chi connectivity index (χ1n) is 14.2. The molecule has 3 N–H and O–H groups in total. The van der Waals surface area contributed by atoms with Crippen molar-refractivity contribution >= 4 is 17.7 Å². The van der Waals surface area contributed by atoms with Crippen molar-refractivity contribution in [3.8, 4) is 11.5 Å². The molecule has 4 rings (SSSR count). The van der Waals surface area contributed by atoms with E-state index in [1.54, 1.807) is 0 Å². The van der Waals surface area contributed by atoms with Crippen LogP contribution in [0, 0.1) is 11.6 Å². The van der Waals surface area contributed by atoms with Crippen molar-refractivity contribution in [1.82, 2.24) is 10.2 Å². The molecule has 0 bridgehead atoms. The van der Waals surface area contributed by atoms with Gasteiger partial charge in [0.2, 0.25) is 0 Å². The highest BCUT2D eigenvalue weighted by Gasteiger charge is 2.50. The van der Waals surface area contributed by atoms with E-state index in [-0.39, 0.29) is 23.2 Å². The predicted octanol–water partition coefficient (Wildman–Crippen LogP) is 6.49. The Hall–Kier alpha value is -3.61. The van der Waals surface area contributed by atoms with Crippen molar-refractivity contribution in [1.29, 1.82) is 0 Å².